The summed E-state index contributed by atoms with van der Waals surface area (Å²) < 4.78 is 43.2. The van der Waals surface area contributed by atoms with Gasteiger partial charge >= 0.3 is 104 Å². The molecule has 0 aliphatic heterocycles. The Bertz CT molecular complexity index is 216. The van der Waals surface area contributed by atoms with Gasteiger partial charge in [0.1, 0.15) is 0 Å². The van der Waals surface area contributed by atoms with E-state index in [-0.39, 0.29) is 0 Å². The number of hydrogen-bond acceptors (Lipinski definition) is 5. The minimum absolute atomic E-state index is 0.419. The molecule has 0 aromatic rings. The third-order valence-electron chi connectivity index (χ3n) is 0.945. The molecule has 0 bridgehead atoms. The molecule has 7 nitrogen and oxygen atoms in total. The van der Waals surface area contributed by atoms with Crippen molar-refractivity contribution >= 4 is 5.97 Å². The van der Waals surface area contributed by atoms with Crippen LogP contribution in [0.1, 0.15) is 26.7 Å². The first-order valence-electron chi connectivity index (χ1n) is 4.17. The van der Waals surface area contributed by atoms with Gasteiger partial charge < -0.3 is 0 Å². The summed E-state index contributed by atoms with van der Waals surface area (Å²) in [5.74, 6) is -0.536. The number of hydrogen-bond donors (Lipinski definition) is 2. The average molecular weight is 337 g/mol. The van der Waals surface area contributed by atoms with Crippen molar-refractivity contribution in [2.24, 2.45) is 0 Å². The van der Waals surface area contributed by atoms with Gasteiger partial charge in [0.05, 0.1) is 0 Å². The van der Waals surface area contributed by atoms with Crippen LogP contribution in [-0.2, 0) is 58.8 Å². The predicted octanol–water partition coefficient (Wildman–Crippen LogP) is -0.0754. The first-order chi connectivity index (χ1) is 6.90. The molecule has 0 aliphatic rings. The Hall–Kier alpha value is 0.547. The normalized spacial score (nSPS) is 8.53. The van der Waals surface area contributed by atoms with E-state index in [1.54, 1.807) is 0 Å². The van der Waals surface area contributed by atoms with Crippen LogP contribution < -0.4 is 0 Å². The third kappa shape index (κ3) is 25.1. The van der Waals surface area contributed by atoms with Gasteiger partial charge in [-0.05, 0) is 0 Å². The second-order valence-corrected chi connectivity index (χ2v) is 5.27. The van der Waals surface area contributed by atoms with E-state index >= 15 is 0 Å². The van der Waals surface area contributed by atoms with Crippen molar-refractivity contribution in [2.75, 3.05) is 6.61 Å². The van der Waals surface area contributed by atoms with E-state index in [9.17, 15) is 8.12 Å². The zero-order valence-corrected chi connectivity index (χ0v) is 12.6. The summed E-state index contributed by atoms with van der Waals surface area (Å²) in [7, 11) is 0. The van der Waals surface area contributed by atoms with Gasteiger partial charge in [-0.25, -0.2) is 0 Å². The van der Waals surface area contributed by atoms with Crippen LogP contribution in [0.15, 0.2) is 0 Å². The molecule has 0 aliphatic carbocycles. The van der Waals surface area contributed by atoms with Crippen LogP contribution in [0, 0.1) is 0 Å². The van der Waals surface area contributed by atoms with Gasteiger partial charge in [0.2, 0.25) is 0 Å². The molecule has 0 radical (unpaired) electrons. The molecule has 0 saturated heterocycles. The molecule has 9 heteroatoms. The molecule has 0 spiro atoms. The number of carbonyl (C=O) groups is 1. The van der Waals surface area contributed by atoms with Crippen LogP contribution in [0.3, 0.4) is 0 Å². The van der Waals surface area contributed by atoms with Crippen LogP contribution in [0.4, 0.5) is 0 Å². The number of unbranched alkanes of at least 4 members (excludes halogenated alkanes) is 1. The molecular weight excluding hydrogens is 323 g/mol. The van der Waals surface area contributed by atoms with Gasteiger partial charge in [-0.1, -0.05) is 0 Å². The standard InChI is InChI=1S/C4H9O.C2H4O2.2H2O.2O.Ti.Zr/c1-2-3-4-5;1-2(3)4;;;;;;/h2-4H2,1H3;1H3,(H,3,4);2*1H2;;;;/q-1;;;;;;2*+2/p-3. The van der Waals surface area contributed by atoms with Crippen molar-refractivity contribution in [3.8, 4) is 0 Å². The summed E-state index contributed by atoms with van der Waals surface area (Å²) in [4.78, 5) is 10.2. The molecule has 0 aromatic heterocycles. The zero-order chi connectivity index (χ0) is 12.3. The fraction of sp³-hybridized carbons (Fsp3) is 0.833. The van der Waals surface area contributed by atoms with Crippen molar-refractivity contribution in [1.29, 1.82) is 0 Å². The average Bonchev–Trinajstić information content (AvgIpc) is 2.02. The summed E-state index contributed by atoms with van der Waals surface area (Å²) in [5.41, 5.74) is 0. The van der Waals surface area contributed by atoms with E-state index in [4.69, 9.17) is 12.5 Å². The van der Waals surface area contributed by atoms with E-state index in [1.807, 2.05) is 6.92 Å². The molecule has 0 fully saturated rings. The fourth-order valence-electron chi connectivity index (χ4n) is 0.447. The van der Waals surface area contributed by atoms with E-state index in [2.05, 4.69) is 3.32 Å². The molecule has 0 heterocycles. The van der Waals surface area contributed by atoms with Crippen molar-refractivity contribution in [2.45, 2.75) is 26.7 Å². The molecule has 15 heavy (non-hydrogen) atoms. The molecule has 0 unspecified atom stereocenters. The van der Waals surface area contributed by atoms with Crippen LogP contribution >= 0.6 is 0 Å². The first-order valence-corrected chi connectivity index (χ1v) is 9.28. The molecule has 0 aromatic carbocycles. The molecule has 0 amide bonds. The van der Waals surface area contributed by atoms with Crippen LogP contribution in [0.25, 0.3) is 0 Å². The van der Waals surface area contributed by atoms with E-state index in [0.717, 1.165) is 12.8 Å². The van der Waals surface area contributed by atoms with Crippen LogP contribution in [-0.4, -0.2) is 18.9 Å². The Morgan fingerprint density at radius 2 is 1.93 bits per heavy atom. The maximum atomic E-state index is 10.7. The van der Waals surface area contributed by atoms with Gasteiger partial charge in [0.15, 0.2) is 0 Å². The Kier molecular flexibility index (Phi) is 15.1. The van der Waals surface area contributed by atoms with E-state index < -0.39 is 47.2 Å². The maximum absolute atomic E-state index is 10.7. The van der Waals surface area contributed by atoms with Crippen molar-refractivity contribution < 1.29 is 65.2 Å². The Labute approximate surface area is 104 Å². The second kappa shape index (κ2) is 12.6. The van der Waals surface area contributed by atoms with Gasteiger partial charge in [-0.15, -0.1) is 0 Å². The summed E-state index contributed by atoms with van der Waals surface area (Å²) in [6.45, 7) is 3.64. The summed E-state index contributed by atoms with van der Waals surface area (Å²) in [5, 5.41) is 0. The van der Waals surface area contributed by atoms with E-state index in [0.29, 0.717) is 6.61 Å². The zero-order valence-electron chi connectivity index (χ0n) is 8.56. The number of rotatable bonds is 5. The van der Waals surface area contributed by atoms with Crippen molar-refractivity contribution in [1.82, 2.24) is 0 Å². The van der Waals surface area contributed by atoms with Crippen LogP contribution in [0.2, 0.25) is 0 Å². The van der Waals surface area contributed by atoms with E-state index in [1.165, 1.54) is 6.92 Å². The Morgan fingerprint density at radius 1 is 1.47 bits per heavy atom. The Balaban J connectivity index is 0. The second-order valence-electron chi connectivity index (χ2n) is 2.33. The molecule has 0 atom stereocenters. The first kappa shape index (κ1) is 17.9. The van der Waals surface area contributed by atoms with Gasteiger partial charge in [-0.2, -0.15) is 0 Å². The fourth-order valence-corrected chi connectivity index (χ4v) is 1.39. The van der Waals surface area contributed by atoms with Crippen molar-refractivity contribution in [3.63, 3.8) is 0 Å². The molecular formula is C6H14O7TiZr. The third-order valence-corrected chi connectivity index (χ3v) is 2.34. The topological polar surface area (TPSA) is 110 Å². The summed E-state index contributed by atoms with van der Waals surface area (Å²) in [6, 6.07) is 0. The molecule has 88 valence electrons. The molecule has 2 N–H and O–H groups in total. The van der Waals surface area contributed by atoms with Gasteiger partial charge in [-0.3, -0.25) is 0 Å². The SMILES string of the molecule is CCCC[O][Ti](=[O])[O]C(C)=O.[O]=[Zr]([OH])[OH]. The number of carbonyl (C=O) groups excluding carboxylic acids is 1. The summed E-state index contributed by atoms with van der Waals surface area (Å²) >= 11 is -6.93. The summed E-state index contributed by atoms with van der Waals surface area (Å²) in [6.07, 6.45) is 1.83. The predicted molar refractivity (Wildman–Crippen MR) is 38.4 cm³/mol. The molecule has 0 saturated carbocycles. The van der Waals surface area contributed by atoms with Gasteiger partial charge in [0.25, 0.3) is 0 Å². The van der Waals surface area contributed by atoms with Crippen LogP contribution in [0.5, 0.6) is 0 Å². The quantitative estimate of drug-likeness (QED) is 0.533. The van der Waals surface area contributed by atoms with Gasteiger partial charge in [0, 0.05) is 0 Å². The minimum atomic E-state index is -3.79. The molecule has 0 rings (SSSR count). The Morgan fingerprint density at radius 3 is 2.27 bits per heavy atom. The monoisotopic (exact) mass is 336 g/mol. The van der Waals surface area contributed by atoms with Crippen molar-refractivity contribution in [3.05, 3.63) is 0 Å².